The van der Waals surface area contributed by atoms with Crippen molar-refractivity contribution in [2.24, 2.45) is 0 Å². The van der Waals surface area contributed by atoms with Gasteiger partial charge in [-0.3, -0.25) is 14.5 Å². The third-order valence-electron chi connectivity index (χ3n) is 4.67. The van der Waals surface area contributed by atoms with Crippen molar-refractivity contribution in [3.8, 4) is 0 Å². The van der Waals surface area contributed by atoms with Crippen LogP contribution in [0.3, 0.4) is 0 Å². The SMILES string of the molecule is CCN(CCN(OC)S(C)(=O)=O)c1ccc(N2C[C@H](CNC(=O)C(F)F)OC2=O)cc1F. The van der Waals surface area contributed by atoms with Crippen LogP contribution in [0.15, 0.2) is 18.2 Å². The second-order valence-electron chi connectivity index (χ2n) is 6.85. The number of halogens is 3. The summed E-state index contributed by atoms with van der Waals surface area (Å²) in [5.41, 5.74) is 0.374. The maximum atomic E-state index is 14.8. The Balaban J connectivity index is 2.07. The van der Waals surface area contributed by atoms with Crippen molar-refractivity contribution in [2.45, 2.75) is 19.5 Å². The Morgan fingerprint density at radius 1 is 1.38 bits per heavy atom. The van der Waals surface area contributed by atoms with Crippen molar-refractivity contribution < 1.29 is 40.8 Å². The lowest BCUT2D eigenvalue weighted by Crippen LogP contribution is -2.38. The molecule has 1 aliphatic heterocycles. The maximum absolute atomic E-state index is 14.8. The third-order valence-corrected chi connectivity index (χ3v) is 5.74. The lowest BCUT2D eigenvalue weighted by molar-refractivity contribution is -0.132. The van der Waals surface area contributed by atoms with Gasteiger partial charge in [-0.15, -0.1) is 0 Å². The Kier molecular flexibility index (Phi) is 8.69. The van der Waals surface area contributed by atoms with E-state index in [4.69, 9.17) is 9.57 Å². The zero-order chi connectivity index (χ0) is 24.1. The number of anilines is 2. The number of cyclic esters (lactones) is 1. The Morgan fingerprint density at radius 3 is 2.59 bits per heavy atom. The summed E-state index contributed by atoms with van der Waals surface area (Å²) in [6, 6.07) is 4.03. The zero-order valence-electron chi connectivity index (χ0n) is 17.8. The number of nitrogens with one attached hydrogen (secondary N) is 1. The van der Waals surface area contributed by atoms with Gasteiger partial charge < -0.3 is 15.0 Å². The highest BCUT2D eigenvalue weighted by Crippen LogP contribution is 2.28. The summed E-state index contributed by atoms with van der Waals surface area (Å²) in [5.74, 6) is -2.13. The molecule has 32 heavy (non-hydrogen) atoms. The molecule has 14 heteroatoms. The van der Waals surface area contributed by atoms with E-state index >= 15 is 0 Å². The average Bonchev–Trinajstić information content (AvgIpc) is 3.09. The van der Waals surface area contributed by atoms with Crippen LogP contribution < -0.4 is 15.1 Å². The van der Waals surface area contributed by atoms with Gasteiger partial charge in [-0.2, -0.15) is 8.78 Å². The van der Waals surface area contributed by atoms with Gasteiger partial charge in [0.1, 0.15) is 11.9 Å². The summed E-state index contributed by atoms with van der Waals surface area (Å²) in [7, 11) is -2.37. The average molecular weight is 482 g/mol. The Labute approximate surface area is 183 Å². The fraction of sp³-hybridized carbons (Fsp3) is 0.556. The van der Waals surface area contributed by atoms with Gasteiger partial charge in [0, 0.05) is 13.1 Å². The van der Waals surface area contributed by atoms with E-state index in [1.807, 2.05) is 5.32 Å². The molecule has 1 saturated heterocycles. The molecule has 0 aromatic heterocycles. The number of ether oxygens (including phenoxy) is 1. The third kappa shape index (κ3) is 6.46. The monoisotopic (exact) mass is 482 g/mol. The molecule has 1 aromatic carbocycles. The second-order valence-corrected chi connectivity index (χ2v) is 8.72. The number of alkyl halides is 2. The highest BCUT2D eigenvalue weighted by molar-refractivity contribution is 7.88. The molecule has 0 spiro atoms. The Hall–Kier alpha value is -2.58. The molecule has 0 saturated carbocycles. The molecule has 1 aromatic rings. The minimum Gasteiger partial charge on any atom is -0.442 e. The van der Waals surface area contributed by atoms with Gasteiger partial charge in [-0.05, 0) is 25.1 Å². The molecule has 2 amide bonds. The summed E-state index contributed by atoms with van der Waals surface area (Å²) in [6.07, 6.45) is -3.86. The molecule has 0 radical (unpaired) electrons. The summed E-state index contributed by atoms with van der Waals surface area (Å²) < 4.78 is 68.4. The number of carbonyl (C=O) groups is 2. The molecule has 1 aliphatic rings. The molecule has 10 nitrogen and oxygen atoms in total. The number of hydroxylamine groups is 1. The van der Waals surface area contributed by atoms with Crippen molar-refractivity contribution in [3.63, 3.8) is 0 Å². The molecule has 180 valence electrons. The van der Waals surface area contributed by atoms with Gasteiger partial charge in [0.2, 0.25) is 10.0 Å². The first-order chi connectivity index (χ1) is 15.0. The fourth-order valence-corrected chi connectivity index (χ4v) is 3.78. The van der Waals surface area contributed by atoms with Crippen LogP contribution in [-0.4, -0.2) is 83.5 Å². The number of likely N-dealkylation sites (N-methyl/N-ethyl adjacent to an activating group) is 1. The standard InChI is InChI=1S/C18H25F3N4O6S/c1-4-23(7-8-25(30-2)32(3,28)29)15-6-5-12(9-14(15)19)24-11-13(31-18(24)27)10-22-17(26)16(20)21/h5-6,9,13,16H,4,7-8,10-11H2,1-3H3,(H,22,26)/t13-/m0/s1. The first-order valence-electron chi connectivity index (χ1n) is 9.58. The van der Waals surface area contributed by atoms with E-state index in [0.717, 1.165) is 21.7 Å². The summed E-state index contributed by atoms with van der Waals surface area (Å²) >= 11 is 0. The summed E-state index contributed by atoms with van der Waals surface area (Å²) in [5, 5.41) is 1.97. The van der Waals surface area contributed by atoms with Gasteiger partial charge in [0.05, 0.1) is 44.4 Å². The van der Waals surface area contributed by atoms with E-state index in [1.165, 1.54) is 19.2 Å². The Bertz CT molecular complexity index is 933. The van der Waals surface area contributed by atoms with Crippen molar-refractivity contribution in [1.82, 2.24) is 9.79 Å². The number of amides is 2. The molecule has 1 atom stereocenters. The number of nitrogens with zero attached hydrogens (tertiary/aromatic N) is 3. The lowest BCUT2D eigenvalue weighted by Gasteiger charge is -2.27. The quantitative estimate of drug-likeness (QED) is 0.472. The molecule has 1 N–H and O–H groups in total. The van der Waals surface area contributed by atoms with E-state index in [2.05, 4.69) is 0 Å². The minimum atomic E-state index is -3.59. The van der Waals surface area contributed by atoms with Gasteiger partial charge in [0.15, 0.2) is 0 Å². The minimum absolute atomic E-state index is 0.0329. The lowest BCUT2D eigenvalue weighted by atomic mass is 10.2. The van der Waals surface area contributed by atoms with Crippen LogP contribution in [0.5, 0.6) is 0 Å². The predicted molar refractivity (Wildman–Crippen MR) is 109 cm³/mol. The van der Waals surface area contributed by atoms with E-state index in [9.17, 15) is 31.2 Å². The number of benzene rings is 1. The second kappa shape index (κ2) is 10.8. The zero-order valence-corrected chi connectivity index (χ0v) is 18.6. The van der Waals surface area contributed by atoms with E-state index in [1.54, 1.807) is 11.8 Å². The smallest absolute Gasteiger partial charge is 0.414 e. The van der Waals surface area contributed by atoms with Crippen LogP contribution in [0.4, 0.5) is 29.3 Å². The molecule has 0 unspecified atom stereocenters. The van der Waals surface area contributed by atoms with Crippen molar-refractivity contribution >= 4 is 33.4 Å². The largest absolute Gasteiger partial charge is 0.442 e. The molecular formula is C18H25F3N4O6S. The summed E-state index contributed by atoms with van der Waals surface area (Å²) in [6.45, 7) is 1.89. The molecule has 0 bridgehead atoms. The fourth-order valence-electron chi connectivity index (χ4n) is 3.09. The van der Waals surface area contributed by atoms with Crippen LogP contribution >= 0.6 is 0 Å². The molecule has 0 aliphatic carbocycles. The number of rotatable bonds is 11. The van der Waals surface area contributed by atoms with Crippen LogP contribution in [-0.2, 0) is 24.4 Å². The van der Waals surface area contributed by atoms with Crippen molar-refractivity contribution in [2.75, 3.05) is 55.9 Å². The van der Waals surface area contributed by atoms with E-state index in [0.29, 0.717) is 6.54 Å². The Morgan fingerprint density at radius 2 is 2.06 bits per heavy atom. The first-order valence-corrected chi connectivity index (χ1v) is 11.4. The van der Waals surface area contributed by atoms with Crippen molar-refractivity contribution in [3.05, 3.63) is 24.0 Å². The maximum Gasteiger partial charge on any atom is 0.414 e. The van der Waals surface area contributed by atoms with E-state index in [-0.39, 0.29) is 37.6 Å². The molecule has 1 heterocycles. The van der Waals surface area contributed by atoms with Gasteiger partial charge in [-0.1, -0.05) is 4.47 Å². The first kappa shape index (κ1) is 25.7. The van der Waals surface area contributed by atoms with Crippen LogP contribution in [0, 0.1) is 5.82 Å². The number of carbonyl (C=O) groups excluding carboxylic acids is 2. The van der Waals surface area contributed by atoms with Gasteiger partial charge in [-0.25, -0.2) is 17.6 Å². The molecule has 1 fully saturated rings. The van der Waals surface area contributed by atoms with Crippen molar-refractivity contribution in [1.29, 1.82) is 0 Å². The topological polar surface area (TPSA) is 108 Å². The molecule has 2 rings (SSSR count). The van der Waals surface area contributed by atoms with Gasteiger partial charge >= 0.3 is 12.5 Å². The normalized spacial score (nSPS) is 16.6. The predicted octanol–water partition coefficient (Wildman–Crippen LogP) is 1.18. The van der Waals surface area contributed by atoms with Crippen LogP contribution in [0.2, 0.25) is 0 Å². The van der Waals surface area contributed by atoms with Gasteiger partial charge in [0.25, 0.3) is 5.91 Å². The van der Waals surface area contributed by atoms with Crippen LogP contribution in [0.25, 0.3) is 0 Å². The van der Waals surface area contributed by atoms with E-state index < -0.39 is 40.4 Å². The highest BCUT2D eigenvalue weighted by Gasteiger charge is 2.33. The summed E-state index contributed by atoms with van der Waals surface area (Å²) in [4.78, 5) is 30.6. The van der Waals surface area contributed by atoms with Crippen LogP contribution in [0.1, 0.15) is 6.92 Å². The number of hydrogen-bond acceptors (Lipinski definition) is 7. The molecular weight excluding hydrogens is 457 g/mol. The number of hydrogen-bond donors (Lipinski definition) is 1. The highest BCUT2D eigenvalue weighted by atomic mass is 32.2. The number of sulfonamides is 1.